The van der Waals surface area contributed by atoms with Crippen LogP contribution in [-0.4, -0.2) is 38.7 Å². The lowest BCUT2D eigenvalue weighted by Crippen LogP contribution is -2.44. The third-order valence-electron chi connectivity index (χ3n) is 4.79. The summed E-state index contributed by atoms with van der Waals surface area (Å²) in [6, 6.07) is 14.4. The van der Waals surface area contributed by atoms with Crippen LogP contribution in [0.2, 0.25) is 0 Å². The van der Waals surface area contributed by atoms with Gasteiger partial charge in [-0.05, 0) is 24.6 Å². The Labute approximate surface area is 164 Å². The Morgan fingerprint density at radius 2 is 1.82 bits per heavy atom. The topological polar surface area (TPSA) is 79.9 Å². The molecule has 2 aromatic rings. The van der Waals surface area contributed by atoms with Crippen LogP contribution in [0, 0.1) is 0 Å². The third-order valence-corrected chi connectivity index (χ3v) is 4.79. The number of anilines is 1. The van der Waals surface area contributed by atoms with Crippen molar-refractivity contribution in [3.05, 3.63) is 54.1 Å². The molecule has 28 heavy (non-hydrogen) atoms. The van der Waals surface area contributed by atoms with E-state index >= 15 is 0 Å². The van der Waals surface area contributed by atoms with Crippen LogP contribution in [0.3, 0.4) is 0 Å². The van der Waals surface area contributed by atoms with E-state index in [-0.39, 0.29) is 30.4 Å². The molecule has 1 aliphatic rings. The zero-order chi connectivity index (χ0) is 20.1. The van der Waals surface area contributed by atoms with Gasteiger partial charge in [-0.15, -0.1) is 0 Å². The zero-order valence-corrected chi connectivity index (χ0v) is 16.3. The second-order valence-electron chi connectivity index (χ2n) is 6.69. The minimum absolute atomic E-state index is 0.0476. The highest BCUT2D eigenvalue weighted by Crippen LogP contribution is 2.33. The highest BCUT2D eigenvalue weighted by atomic mass is 16.5. The molecule has 0 spiro atoms. The van der Waals surface area contributed by atoms with Gasteiger partial charge in [0.05, 0.1) is 26.3 Å². The van der Waals surface area contributed by atoms with Gasteiger partial charge in [0.15, 0.2) is 11.5 Å². The molecule has 2 atom stereocenters. The number of carbonyl (C=O) groups excluding carboxylic acids is 2. The summed E-state index contributed by atoms with van der Waals surface area (Å²) in [4.78, 5) is 26.4. The number of urea groups is 1. The van der Waals surface area contributed by atoms with Crippen LogP contribution in [0.15, 0.2) is 48.5 Å². The Hall–Kier alpha value is -3.22. The quantitative estimate of drug-likeness (QED) is 0.804. The van der Waals surface area contributed by atoms with Gasteiger partial charge in [-0.1, -0.05) is 30.3 Å². The van der Waals surface area contributed by atoms with Gasteiger partial charge < -0.3 is 25.0 Å². The molecule has 1 heterocycles. The van der Waals surface area contributed by atoms with Crippen molar-refractivity contribution in [3.8, 4) is 11.5 Å². The molecule has 148 valence electrons. The van der Waals surface area contributed by atoms with Crippen LogP contribution in [0.5, 0.6) is 11.5 Å². The lowest BCUT2D eigenvalue weighted by molar-refractivity contribution is -0.117. The molecule has 0 radical (unpaired) electrons. The summed E-state index contributed by atoms with van der Waals surface area (Å²) in [5.41, 5.74) is 1.73. The number of benzene rings is 2. The van der Waals surface area contributed by atoms with Gasteiger partial charge in [0.2, 0.25) is 5.91 Å². The van der Waals surface area contributed by atoms with E-state index in [0.717, 1.165) is 5.56 Å². The van der Waals surface area contributed by atoms with Gasteiger partial charge >= 0.3 is 6.03 Å². The third kappa shape index (κ3) is 4.36. The van der Waals surface area contributed by atoms with Crippen LogP contribution >= 0.6 is 0 Å². The number of rotatable bonds is 6. The van der Waals surface area contributed by atoms with Gasteiger partial charge in [-0.3, -0.25) is 4.79 Å². The molecule has 1 saturated heterocycles. The second-order valence-corrected chi connectivity index (χ2v) is 6.69. The number of nitrogens with one attached hydrogen (secondary N) is 2. The fourth-order valence-corrected chi connectivity index (χ4v) is 3.30. The molecule has 2 aromatic carbocycles. The summed E-state index contributed by atoms with van der Waals surface area (Å²) in [5.74, 6) is 1.11. The molecular formula is C21H25N3O4. The summed E-state index contributed by atoms with van der Waals surface area (Å²) in [7, 11) is 3.11. The van der Waals surface area contributed by atoms with Crippen molar-refractivity contribution >= 4 is 17.6 Å². The van der Waals surface area contributed by atoms with Crippen LogP contribution in [0.4, 0.5) is 10.5 Å². The van der Waals surface area contributed by atoms with Crippen LogP contribution in [-0.2, 0) is 4.79 Å². The van der Waals surface area contributed by atoms with Crippen LogP contribution in [0.25, 0.3) is 0 Å². The molecule has 3 amide bonds. The van der Waals surface area contributed by atoms with E-state index in [4.69, 9.17) is 9.47 Å². The number of nitrogens with zero attached hydrogens (tertiary/aromatic N) is 1. The second kappa shape index (κ2) is 8.65. The molecule has 7 heteroatoms. The van der Waals surface area contributed by atoms with Gasteiger partial charge in [0.25, 0.3) is 0 Å². The van der Waals surface area contributed by atoms with Crippen molar-refractivity contribution in [1.29, 1.82) is 0 Å². The first-order valence-electron chi connectivity index (χ1n) is 9.16. The lowest BCUT2D eigenvalue weighted by atomic mass is 10.1. The number of amides is 3. The summed E-state index contributed by atoms with van der Waals surface area (Å²) < 4.78 is 10.5. The fourth-order valence-electron chi connectivity index (χ4n) is 3.30. The first kappa shape index (κ1) is 19.5. The predicted molar refractivity (Wildman–Crippen MR) is 107 cm³/mol. The molecule has 7 nitrogen and oxygen atoms in total. The minimum atomic E-state index is -0.289. The average Bonchev–Trinajstić information content (AvgIpc) is 3.07. The minimum Gasteiger partial charge on any atom is -0.493 e. The number of hydrogen-bond donors (Lipinski definition) is 2. The first-order valence-corrected chi connectivity index (χ1v) is 9.16. The van der Waals surface area contributed by atoms with E-state index in [0.29, 0.717) is 23.7 Å². The van der Waals surface area contributed by atoms with Crippen molar-refractivity contribution in [2.45, 2.75) is 25.4 Å². The molecule has 0 aromatic heterocycles. The number of ether oxygens (including phenoxy) is 2. The number of methoxy groups -OCH3 is 2. The molecular weight excluding hydrogens is 358 g/mol. The van der Waals surface area contributed by atoms with Gasteiger partial charge in [-0.2, -0.15) is 0 Å². The van der Waals surface area contributed by atoms with Gasteiger partial charge in [-0.25, -0.2) is 4.79 Å². The Bertz CT molecular complexity index is 841. The van der Waals surface area contributed by atoms with Gasteiger partial charge in [0.1, 0.15) is 0 Å². The number of carbonyl (C=O) groups is 2. The summed E-state index contributed by atoms with van der Waals surface area (Å²) >= 11 is 0. The largest absolute Gasteiger partial charge is 0.493 e. The fraction of sp³-hybridized carbons (Fsp3) is 0.333. The van der Waals surface area contributed by atoms with Crippen molar-refractivity contribution in [1.82, 2.24) is 10.6 Å². The van der Waals surface area contributed by atoms with Crippen molar-refractivity contribution < 1.29 is 19.1 Å². The maximum absolute atomic E-state index is 12.4. The molecule has 0 saturated carbocycles. The average molecular weight is 383 g/mol. The molecule has 3 rings (SSSR count). The van der Waals surface area contributed by atoms with E-state index in [1.54, 1.807) is 37.3 Å². The Morgan fingerprint density at radius 3 is 2.50 bits per heavy atom. The number of hydrogen-bond acceptors (Lipinski definition) is 4. The Kier molecular flexibility index (Phi) is 6.03. The maximum Gasteiger partial charge on any atom is 0.315 e. The van der Waals surface area contributed by atoms with Crippen molar-refractivity contribution in [2.24, 2.45) is 0 Å². The normalized spacial score (nSPS) is 17.2. The summed E-state index contributed by atoms with van der Waals surface area (Å²) in [6.45, 7) is 2.33. The van der Waals surface area contributed by atoms with E-state index < -0.39 is 0 Å². The highest BCUT2D eigenvalue weighted by molar-refractivity contribution is 5.97. The smallest absolute Gasteiger partial charge is 0.315 e. The van der Waals surface area contributed by atoms with E-state index in [2.05, 4.69) is 10.6 Å². The van der Waals surface area contributed by atoms with Crippen LogP contribution in [0.1, 0.15) is 24.9 Å². The van der Waals surface area contributed by atoms with Crippen molar-refractivity contribution in [3.63, 3.8) is 0 Å². The molecule has 1 fully saturated rings. The van der Waals surface area contributed by atoms with Crippen molar-refractivity contribution in [2.75, 3.05) is 25.7 Å². The highest BCUT2D eigenvalue weighted by Gasteiger charge is 2.32. The standard InChI is InChI=1S/C21H25N3O4/c1-14(15-7-5-4-6-8-15)22-21(26)23-16-11-20(25)24(13-16)17-9-10-18(27-2)19(12-17)28-3/h4-10,12,14,16H,11,13H2,1-3H3,(H2,22,23,26)/t14-,16-/m1/s1. The van der Waals surface area contributed by atoms with E-state index in [1.807, 2.05) is 37.3 Å². The molecule has 1 aliphatic heterocycles. The Balaban J connectivity index is 1.60. The predicted octanol–water partition coefficient (Wildman–Crippen LogP) is 2.87. The maximum atomic E-state index is 12.4. The Morgan fingerprint density at radius 1 is 1.11 bits per heavy atom. The SMILES string of the molecule is COc1ccc(N2C[C@H](NC(=O)N[C@H](C)c3ccccc3)CC2=O)cc1OC. The molecule has 2 N–H and O–H groups in total. The molecule has 0 aliphatic carbocycles. The van der Waals surface area contributed by atoms with E-state index in [1.165, 1.54) is 0 Å². The van der Waals surface area contributed by atoms with Crippen LogP contribution < -0.4 is 25.0 Å². The lowest BCUT2D eigenvalue weighted by Gasteiger charge is -2.20. The monoisotopic (exact) mass is 383 g/mol. The molecule has 0 unspecified atom stereocenters. The van der Waals surface area contributed by atoms with E-state index in [9.17, 15) is 9.59 Å². The first-order chi connectivity index (χ1) is 13.5. The zero-order valence-electron chi connectivity index (χ0n) is 16.3. The van der Waals surface area contributed by atoms with Gasteiger partial charge in [0, 0.05) is 24.7 Å². The molecule has 0 bridgehead atoms. The summed E-state index contributed by atoms with van der Waals surface area (Å²) in [6.07, 6.45) is 0.251. The summed E-state index contributed by atoms with van der Waals surface area (Å²) in [5, 5.41) is 5.80.